The van der Waals surface area contributed by atoms with Crippen LogP contribution in [0.2, 0.25) is 0 Å². The lowest BCUT2D eigenvalue weighted by atomic mass is 10.1. The number of benzene rings is 1. The molecule has 1 N–H and O–H groups in total. The van der Waals surface area contributed by atoms with E-state index in [1.54, 1.807) is 0 Å². The summed E-state index contributed by atoms with van der Waals surface area (Å²) >= 11 is 4.03. The largest absolute Gasteiger partial charge is 0.484 e. The Hall–Kier alpha value is -0.850. The SMILES string of the molecule is O=C(COc1ccc(C2SCCCS2)cc1)NCCCN1CCCCC1. The monoisotopic (exact) mass is 394 g/mol. The van der Waals surface area contributed by atoms with Crippen molar-refractivity contribution in [2.24, 2.45) is 0 Å². The molecule has 2 heterocycles. The minimum Gasteiger partial charge on any atom is -0.484 e. The summed E-state index contributed by atoms with van der Waals surface area (Å²) in [5, 5.41) is 2.96. The van der Waals surface area contributed by atoms with E-state index < -0.39 is 0 Å². The molecule has 2 aliphatic rings. The highest BCUT2D eigenvalue weighted by atomic mass is 32.2. The van der Waals surface area contributed by atoms with Crippen LogP contribution in [0.4, 0.5) is 0 Å². The fourth-order valence-electron chi connectivity index (χ4n) is 3.31. The topological polar surface area (TPSA) is 41.6 Å². The summed E-state index contributed by atoms with van der Waals surface area (Å²) in [6.45, 7) is 4.33. The molecule has 26 heavy (non-hydrogen) atoms. The molecular weight excluding hydrogens is 364 g/mol. The zero-order valence-corrected chi connectivity index (χ0v) is 17.1. The second-order valence-corrected chi connectivity index (χ2v) is 9.61. The Labute approximate surface area is 165 Å². The van der Waals surface area contributed by atoms with E-state index in [1.807, 2.05) is 35.7 Å². The van der Waals surface area contributed by atoms with Gasteiger partial charge in [-0.1, -0.05) is 18.6 Å². The van der Waals surface area contributed by atoms with Gasteiger partial charge in [0.05, 0.1) is 4.58 Å². The first-order chi connectivity index (χ1) is 12.8. The number of ether oxygens (including phenoxy) is 1. The van der Waals surface area contributed by atoms with Gasteiger partial charge in [0.1, 0.15) is 5.75 Å². The van der Waals surface area contributed by atoms with E-state index in [1.165, 1.54) is 55.8 Å². The molecule has 4 nitrogen and oxygen atoms in total. The van der Waals surface area contributed by atoms with Gasteiger partial charge in [-0.3, -0.25) is 4.79 Å². The Morgan fingerprint density at radius 3 is 2.54 bits per heavy atom. The number of nitrogens with zero attached hydrogens (tertiary/aromatic N) is 1. The van der Waals surface area contributed by atoms with Crippen LogP contribution in [-0.2, 0) is 4.79 Å². The molecule has 2 fully saturated rings. The van der Waals surface area contributed by atoms with Gasteiger partial charge in [0, 0.05) is 6.54 Å². The van der Waals surface area contributed by atoms with Gasteiger partial charge in [-0.2, -0.15) is 0 Å². The van der Waals surface area contributed by atoms with Gasteiger partial charge in [-0.05, 0) is 74.5 Å². The minimum absolute atomic E-state index is 0.0360. The molecule has 0 unspecified atom stereocenters. The molecule has 6 heteroatoms. The van der Waals surface area contributed by atoms with Crippen molar-refractivity contribution in [3.8, 4) is 5.75 Å². The van der Waals surface area contributed by atoms with Crippen molar-refractivity contribution in [1.29, 1.82) is 0 Å². The zero-order valence-electron chi connectivity index (χ0n) is 15.5. The molecule has 0 bridgehead atoms. The van der Waals surface area contributed by atoms with E-state index in [0.29, 0.717) is 4.58 Å². The summed E-state index contributed by atoms with van der Waals surface area (Å²) in [5.74, 6) is 3.22. The van der Waals surface area contributed by atoms with Crippen molar-refractivity contribution >= 4 is 29.4 Å². The number of rotatable bonds is 8. The van der Waals surface area contributed by atoms with Crippen molar-refractivity contribution < 1.29 is 9.53 Å². The minimum atomic E-state index is -0.0360. The summed E-state index contributed by atoms with van der Waals surface area (Å²) in [5.41, 5.74) is 1.34. The van der Waals surface area contributed by atoms with Gasteiger partial charge < -0.3 is 15.0 Å². The van der Waals surface area contributed by atoms with E-state index in [9.17, 15) is 4.79 Å². The van der Waals surface area contributed by atoms with Crippen LogP contribution in [0.1, 0.15) is 42.2 Å². The highest BCUT2D eigenvalue weighted by molar-refractivity contribution is 8.16. The number of thioether (sulfide) groups is 2. The summed E-state index contributed by atoms with van der Waals surface area (Å²) < 4.78 is 6.16. The number of nitrogens with one attached hydrogen (secondary N) is 1. The van der Waals surface area contributed by atoms with Crippen LogP contribution in [0.5, 0.6) is 5.75 Å². The molecule has 3 rings (SSSR count). The van der Waals surface area contributed by atoms with Crippen molar-refractivity contribution in [3.63, 3.8) is 0 Å². The van der Waals surface area contributed by atoms with Crippen LogP contribution in [0.3, 0.4) is 0 Å². The summed E-state index contributed by atoms with van der Waals surface area (Å²) in [7, 11) is 0. The number of hydrogen-bond acceptors (Lipinski definition) is 5. The maximum atomic E-state index is 11.9. The van der Waals surface area contributed by atoms with Gasteiger partial charge in [0.15, 0.2) is 6.61 Å². The molecular formula is C20H30N2O2S2. The average molecular weight is 395 g/mol. The Morgan fingerprint density at radius 2 is 1.81 bits per heavy atom. The van der Waals surface area contributed by atoms with E-state index in [-0.39, 0.29) is 12.5 Å². The lowest BCUT2D eigenvalue weighted by Gasteiger charge is -2.26. The molecule has 0 atom stereocenters. The van der Waals surface area contributed by atoms with Crippen LogP contribution >= 0.6 is 23.5 Å². The van der Waals surface area contributed by atoms with Crippen molar-refractivity contribution in [2.45, 2.75) is 36.7 Å². The van der Waals surface area contributed by atoms with E-state index in [2.05, 4.69) is 22.3 Å². The molecule has 1 amide bonds. The van der Waals surface area contributed by atoms with Gasteiger partial charge in [0.2, 0.25) is 0 Å². The summed E-state index contributed by atoms with van der Waals surface area (Å²) in [4.78, 5) is 14.4. The smallest absolute Gasteiger partial charge is 0.257 e. The van der Waals surface area contributed by atoms with Crippen LogP contribution in [-0.4, -0.2) is 55.1 Å². The molecule has 144 valence electrons. The zero-order chi connectivity index (χ0) is 18.0. The second kappa shape index (κ2) is 11.1. The molecule has 2 saturated heterocycles. The fraction of sp³-hybridized carbons (Fsp3) is 0.650. The van der Waals surface area contributed by atoms with Crippen molar-refractivity contribution in [3.05, 3.63) is 29.8 Å². The second-order valence-electron chi connectivity index (χ2n) is 6.89. The van der Waals surface area contributed by atoms with Gasteiger partial charge in [-0.25, -0.2) is 0 Å². The molecule has 0 aromatic heterocycles. The van der Waals surface area contributed by atoms with Crippen LogP contribution < -0.4 is 10.1 Å². The number of piperidine rings is 1. The summed E-state index contributed by atoms with van der Waals surface area (Å²) in [6.07, 6.45) is 6.31. The Morgan fingerprint density at radius 1 is 1.08 bits per heavy atom. The third-order valence-electron chi connectivity index (χ3n) is 4.77. The van der Waals surface area contributed by atoms with E-state index in [4.69, 9.17) is 4.74 Å². The molecule has 0 saturated carbocycles. The number of carbonyl (C=O) groups excluding carboxylic acids is 1. The third kappa shape index (κ3) is 6.71. The number of hydrogen-bond donors (Lipinski definition) is 1. The van der Waals surface area contributed by atoms with Crippen LogP contribution in [0, 0.1) is 0 Å². The van der Waals surface area contributed by atoms with Gasteiger partial charge in [-0.15, -0.1) is 23.5 Å². The number of carbonyl (C=O) groups is 1. The van der Waals surface area contributed by atoms with Crippen LogP contribution in [0.15, 0.2) is 24.3 Å². The van der Waals surface area contributed by atoms with Crippen molar-refractivity contribution in [2.75, 3.05) is 44.3 Å². The predicted molar refractivity (Wildman–Crippen MR) is 112 cm³/mol. The van der Waals surface area contributed by atoms with E-state index >= 15 is 0 Å². The number of likely N-dealkylation sites (tertiary alicyclic amines) is 1. The first kappa shape index (κ1) is 19.9. The van der Waals surface area contributed by atoms with Gasteiger partial charge in [0.25, 0.3) is 5.91 Å². The normalized spacial score (nSPS) is 19.2. The standard InChI is InChI=1S/C20H30N2O2S2/c23-19(21-10-4-13-22-11-2-1-3-12-22)16-24-18-8-6-17(7-9-18)20-25-14-5-15-26-20/h6-9,20H,1-5,10-16H2,(H,21,23). The predicted octanol–water partition coefficient (Wildman–Crippen LogP) is 3.93. The molecule has 0 aliphatic carbocycles. The Kier molecular flexibility index (Phi) is 8.49. The van der Waals surface area contributed by atoms with E-state index in [0.717, 1.165) is 25.3 Å². The molecule has 1 aromatic carbocycles. The van der Waals surface area contributed by atoms with Gasteiger partial charge >= 0.3 is 0 Å². The maximum Gasteiger partial charge on any atom is 0.257 e. The number of amides is 1. The molecule has 0 radical (unpaired) electrons. The highest BCUT2D eigenvalue weighted by Gasteiger charge is 2.16. The summed E-state index contributed by atoms with van der Waals surface area (Å²) in [6, 6.07) is 8.22. The maximum absolute atomic E-state index is 11.9. The average Bonchev–Trinajstić information content (AvgIpc) is 2.71. The van der Waals surface area contributed by atoms with Crippen molar-refractivity contribution in [1.82, 2.24) is 10.2 Å². The lowest BCUT2D eigenvalue weighted by Crippen LogP contribution is -2.34. The van der Waals surface area contributed by atoms with Crippen LogP contribution in [0.25, 0.3) is 0 Å². The third-order valence-corrected chi connectivity index (χ3v) is 7.79. The first-order valence-corrected chi connectivity index (χ1v) is 11.9. The molecule has 0 spiro atoms. The fourth-order valence-corrected chi connectivity index (χ4v) is 6.21. The Bertz CT molecular complexity index is 541. The first-order valence-electron chi connectivity index (χ1n) is 9.76. The quantitative estimate of drug-likeness (QED) is 0.677. The molecule has 2 aliphatic heterocycles. The highest BCUT2D eigenvalue weighted by Crippen LogP contribution is 2.43. The molecule has 1 aromatic rings. The lowest BCUT2D eigenvalue weighted by molar-refractivity contribution is -0.123. The Balaban J connectivity index is 1.29.